The van der Waals surface area contributed by atoms with Crippen LogP contribution in [-0.4, -0.2) is 30.4 Å². The van der Waals surface area contributed by atoms with Crippen LogP contribution in [0.2, 0.25) is 0 Å². The van der Waals surface area contributed by atoms with Gasteiger partial charge >= 0.3 is 0 Å². The van der Waals surface area contributed by atoms with Crippen molar-refractivity contribution in [1.29, 1.82) is 5.26 Å². The number of ether oxygens (including phenoxy) is 2. The highest BCUT2D eigenvalue weighted by molar-refractivity contribution is 6.08. The minimum atomic E-state index is -0.697. The SMILES string of the molecule is CCOc1cc(C(CC#N)N2C(=O)C=C3C=CC=CC3C2=O)ccc1OC. The van der Waals surface area contributed by atoms with Crippen LogP contribution >= 0.6 is 0 Å². The lowest BCUT2D eigenvalue weighted by Crippen LogP contribution is -2.45. The van der Waals surface area contributed by atoms with Gasteiger partial charge in [-0.3, -0.25) is 14.5 Å². The number of rotatable bonds is 6. The number of nitriles is 1. The van der Waals surface area contributed by atoms with Gasteiger partial charge in [-0.2, -0.15) is 5.26 Å². The highest BCUT2D eigenvalue weighted by atomic mass is 16.5. The Hall–Kier alpha value is -3.33. The van der Waals surface area contributed by atoms with Crippen LogP contribution in [0.5, 0.6) is 11.5 Å². The normalized spacial score (nSPS) is 19.2. The van der Waals surface area contributed by atoms with Crippen molar-refractivity contribution in [1.82, 2.24) is 4.90 Å². The second-order valence-electron chi connectivity index (χ2n) is 6.13. The molecular weight excluding hydrogens is 344 g/mol. The second kappa shape index (κ2) is 7.92. The third kappa shape index (κ3) is 3.49. The first kappa shape index (κ1) is 18.5. The molecule has 27 heavy (non-hydrogen) atoms. The van der Waals surface area contributed by atoms with E-state index < -0.39 is 17.9 Å². The molecule has 0 saturated carbocycles. The monoisotopic (exact) mass is 364 g/mol. The number of amides is 2. The van der Waals surface area contributed by atoms with Gasteiger partial charge in [0.1, 0.15) is 0 Å². The number of nitrogens with zero attached hydrogens (tertiary/aromatic N) is 2. The molecule has 2 amide bonds. The van der Waals surface area contributed by atoms with Gasteiger partial charge in [0.2, 0.25) is 5.91 Å². The van der Waals surface area contributed by atoms with Gasteiger partial charge in [-0.15, -0.1) is 0 Å². The second-order valence-corrected chi connectivity index (χ2v) is 6.13. The molecule has 1 aliphatic carbocycles. The summed E-state index contributed by atoms with van der Waals surface area (Å²) in [7, 11) is 1.54. The molecule has 3 rings (SSSR count). The number of hydrogen-bond acceptors (Lipinski definition) is 5. The zero-order valence-corrected chi connectivity index (χ0v) is 15.2. The number of benzene rings is 1. The van der Waals surface area contributed by atoms with Gasteiger partial charge in [0.15, 0.2) is 11.5 Å². The minimum Gasteiger partial charge on any atom is -0.493 e. The van der Waals surface area contributed by atoms with Crippen LogP contribution in [0.1, 0.15) is 24.9 Å². The number of methoxy groups -OCH3 is 1. The smallest absolute Gasteiger partial charge is 0.254 e. The van der Waals surface area contributed by atoms with E-state index in [0.29, 0.717) is 29.2 Å². The van der Waals surface area contributed by atoms with E-state index >= 15 is 0 Å². The van der Waals surface area contributed by atoms with Crippen molar-refractivity contribution in [3.8, 4) is 17.6 Å². The quantitative estimate of drug-likeness (QED) is 0.725. The van der Waals surface area contributed by atoms with Gasteiger partial charge in [0, 0.05) is 6.08 Å². The number of carbonyl (C=O) groups is 2. The highest BCUT2D eigenvalue weighted by Gasteiger charge is 2.39. The van der Waals surface area contributed by atoms with E-state index in [1.165, 1.54) is 18.1 Å². The summed E-state index contributed by atoms with van der Waals surface area (Å²) < 4.78 is 10.9. The van der Waals surface area contributed by atoms with Crippen LogP contribution in [0.3, 0.4) is 0 Å². The van der Waals surface area contributed by atoms with Crippen LogP contribution in [0.25, 0.3) is 0 Å². The lowest BCUT2D eigenvalue weighted by atomic mass is 9.88. The van der Waals surface area contributed by atoms with Gasteiger partial charge in [0.25, 0.3) is 5.91 Å². The molecule has 0 fully saturated rings. The van der Waals surface area contributed by atoms with Crippen LogP contribution < -0.4 is 9.47 Å². The average Bonchev–Trinajstić information content (AvgIpc) is 2.67. The molecule has 0 bridgehead atoms. The number of carbonyl (C=O) groups excluding carboxylic acids is 2. The summed E-state index contributed by atoms with van der Waals surface area (Å²) in [4.78, 5) is 26.9. The highest BCUT2D eigenvalue weighted by Crippen LogP contribution is 2.37. The molecule has 2 unspecified atom stereocenters. The van der Waals surface area contributed by atoms with Crippen molar-refractivity contribution in [2.75, 3.05) is 13.7 Å². The Morgan fingerprint density at radius 3 is 2.78 bits per heavy atom. The van der Waals surface area contributed by atoms with E-state index in [0.717, 1.165) is 0 Å². The van der Waals surface area contributed by atoms with Gasteiger partial charge in [0.05, 0.1) is 38.2 Å². The van der Waals surface area contributed by atoms with Gasteiger partial charge in [-0.25, -0.2) is 0 Å². The molecular formula is C21H20N2O4. The number of hydrogen-bond donors (Lipinski definition) is 0. The fraction of sp³-hybridized carbons (Fsp3) is 0.286. The maximum absolute atomic E-state index is 13.0. The van der Waals surface area contributed by atoms with Crippen molar-refractivity contribution < 1.29 is 19.1 Å². The Morgan fingerprint density at radius 2 is 2.07 bits per heavy atom. The van der Waals surface area contributed by atoms with Gasteiger partial charge < -0.3 is 9.47 Å². The summed E-state index contributed by atoms with van der Waals surface area (Å²) in [6, 6.07) is 6.58. The summed E-state index contributed by atoms with van der Waals surface area (Å²) in [5, 5.41) is 9.31. The fourth-order valence-electron chi connectivity index (χ4n) is 3.31. The molecule has 1 aromatic rings. The van der Waals surface area contributed by atoms with E-state index in [1.807, 2.05) is 6.92 Å². The summed E-state index contributed by atoms with van der Waals surface area (Å²) in [5.41, 5.74) is 1.32. The number of allylic oxidation sites excluding steroid dienone is 3. The van der Waals surface area contributed by atoms with E-state index in [2.05, 4.69) is 6.07 Å². The van der Waals surface area contributed by atoms with Crippen molar-refractivity contribution in [3.05, 3.63) is 59.7 Å². The van der Waals surface area contributed by atoms with Crippen molar-refractivity contribution >= 4 is 11.8 Å². The van der Waals surface area contributed by atoms with E-state index in [4.69, 9.17) is 9.47 Å². The first-order valence-electron chi connectivity index (χ1n) is 8.71. The predicted molar refractivity (Wildman–Crippen MR) is 98.8 cm³/mol. The summed E-state index contributed by atoms with van der Waals surface area (Å²) in [6.45, 7) is 2.29. The Kier molecular flexibility index (Phi) is 5.41. The molecule has 2 atom stereocenters. The standard InChI is InChI=1S/C21H20N2O4/c1-3-27-19-12-15(8-9-18(19)26-2)17(10-11-22)23-20(24)13-14-6-4-5-7-16(14)21(23)25/h4-9,12-13,16-17H,3,10H2,1-2H3. The largest absolute Gasteiger partial charge is 0.493 e. The van der Waals surface area contributed by atoms with E-state index in [1.54, 1.807) is 42.5 Å². The Bertz CT molecular complexity index is 892. The van der Waals surface area contributed by atoms with Gasteiger partial charge in [-0.1, -0.05) is 30.4 Å². The lowest BCUT2D eigenvalue weighted by Gasteiger charge is -2.34. The van der Waals surface area contributed by atoms with Gasteiger partial charge in [-0.05, 0) is 30.2 Å². The topological polar surface area (TPSA) is 79.6 Å². The molecule has 0 N–H and O–H groups in total. The average molecular weight is 364 g/mol. The van der Waals surface area contributed by atoms with E-state index in [-0.39, 0.29) is 12.3 Å². The maximum Gasteiger partial charge on any atom is 0.254 e. The number of fused-ring (bicyclic) bond motifs is 1. The molecule has 0 aromatic heterocycles. The van der Waals surface area contributed by atoms with Crippen LogP contribution in [0.4, 0.5) is 0 Å². The molecule has 2 aliphatic rings. The van der Waals surface area contributed by atoms with E-state index in [9.17, 15) is 14.9 Å². The summed E-state index contributed by atoms with van der Waals surface area (Å²) >= 11 is 0. The molecule has 0 saturated heterocycles. The minimum absolute atomic E-state index is 0.00911. The first-order chi connectivity index (χ1) is 13.1. The molecule has 0 radical (unpaired) electrons. The molecule has 6 heteroatoms. The maximum atomic E-state index is 13.0. The Balaban J connectivity index is 2.02. The predicted octanol–water partition coefficient (Wildman–Crippen LogP) is 3.09. The molecule has 0 spiro atoms. The third-order valence-electron chi connectivity index (χ3n) is 4.56. The van der Waals surface area contributed by atoms with Crippen LogP contribution in [0.15, 0.2) is 54.2 Å². The number of imide groups is 1. The fourth-order valence-corrected chi connectivity index (χ4v) is 3.31. The third-order valence-corrected chi connectivity index (χ3v) is 4.56. The zero-order valence-electron chi connectivity index (χ0n) is 15.2. The molecule has 138 valence electrons. The summed E-state index contributed by atoms with van der Waals surface area (Å²) in [5.74, 6) is -0.185. The molecule has 1 aromatic carbocycles. The van der Waals surface area contributed by atoms with Crippen molar-refractivity contribution in [2.45, 2.75) is 19.4 Å². The molecule has 1 aliphatic heterocycles. The molecule has 6 nitrogen and oxygen atoms in total. The summed E-state index contributed by atoms with van der Waals surface area (Å²) in [6.07, 6.45) is 8.56. The first-order valence-corrected chi connectivity index (χ1v) is 8.71. The van der Waals surface area contributed by atoms with Crippen LogP contribution in [0, 0.1) is 17.2 Å². The Labute approximate surface area is 158 Å². The molecule has 1 heterocycles. The zero-order chi connectivity index (χ0) is 19.4. The van der Waals surface area contributed by atoms with Crippen molar-refractivity contribution in [3.63, 3.8) is 0 Å². The Morgan fingerprint density at radius 1 is 1.26 bits per heavy atom. The lowest BCUT2D eigenvalue weighted by molar-refractivity contribution is -0.147. The van der Waals surface area contributed by atoms with Crippen molar-refractivity contribution in [2.24, 2.45) is 5.92 Å². The van der Waals surface area contributed by atoms with Crippen LogP contribution in [-0.2, 0) is 9.59 Å².